The Bertz CT molecular complexity index is 1620. The lowest BCUT2D eigenvalue weighted by atomic mass is 10.1. The van der Waals surface area contributed by atoms with Gasteiger partial charge in [-0.2, -0.15) is 5.10 Å². The van der Waals surface area contributed by atoms with Gasteiger partial charge in [0.1, 0.15) is 29.6 Å². The Morgan fingerprint density at radius 2 is 1.74 bits per heavy atom. The van der Waals surface area contributed by atoms with E-state index in [1.165, 1.54) is 9.08 Å². The van der Waals surface area contributed by atoms with Crippen LogP contribution in [0, 0.1) is 32.4 Å². The van der Waals surface area contributed by atoms with E-state index in [1.807, 2.05) is 31.2 Å². The molecule has 0 aliphatic rings. The largest absolute Gasteiger partial charge is 0.485 e. The van der Waals surface area contributed by atoms with Crippen LogP contribution in [0.4, 0.5) is 8.78 Å². The van der Waals surface area contributed by atoms with Crippen LogP contribution in [0.2, 0.25) is 0 Å². The first-order valence-corrected chi connectivity index (χ1v) is 11.0. The van der Waals surface area contributed by atoms with Crippen molar-refractivity contribution in [2.45, 2.75) is 27.4 Å². The van der Waals surface area contributed by atoms with Crippen LogP contribution in [0.15, 0.2) is 71.7 Å². The number of nitrogens with zero attached hydrogens (tertiary/aromatic N) is 4. The molecule has 0 aliphatic heterocycles. The first kappa shape index (κ1) is 22.5. The molecule has 0 bridgehead atoms. The summed E-state index contributed by atoms with van der Waals surface area (Å²) in [7, 11) is 0. The Hall–Kier alpha value is -4.33. The summed E-state index contributed by atoms with van der Waals surface area (Å²) in [6.45, 7) is 5.77. The predicted octanol–water partition coefficient (Wildman–Crippen LogP) is 5.33. The van der Waals surface area contributed by atoms with E-state index in [4.69, 9.17) is 4.74 Å². The number of hydrogen-bond acceptors (Lipinski definition) is 4. The third kappa shape index (κ3) is 4.19. The van der Waals surface area contributed by atoms with Crippen molar-refractivity contribution in [2.24, 2.45) is 0 Å². The Labute approximate surface area is 200 Å². The summed E-state index contributed by atoms with van der Waals surface area (Å²) < 4.78 is 36.8. The standard InChI is InChI=1S/C27H22F2N4O2/c1-16-6-8-19(9-7-16)15-35-24-5-4-12-32-26(24)30-18(3)25(27(32)34)22-13-17(2)33(31-22)23-14-20(28)10-11-21(23)29/h4-14H,15H2,1-3H3. The molecule has 3 heterocycles. The molecule has 176 valence electrons. The molecule has 0 saturated carbocycles. The van der Waals surface area contributed by atoms with Gasteiger partial charge >= 0.3 is 0 Å². The average molecular weight is 472 g/mol. The predicted molar refractivity (Wildman–Crippen MR) is 129 cm³/mol. The molecule has 8 heteroatoms. The molecule has 0 radical (unpaired) electrons. The van der Waals surface area contributed by atoms with Gasteiger partial charge in [-0.15, -0.1) is 0 Å². The summed E-state index contributed by atoms with van der Waals surface area (Å²) in [5.41, 5.74) is 3.77. The zero-order chi connectivity index (χ0) is 24.7. The molecule has 2 aromatic carbocycles. The van der Waals surface area contributed by atoms with Gasteiger partial charge in [0.2, 0.25) is 0 Å². The van der Waals surface area contributed by atoms with Crippen molar-refractivity contribution in [3.8, 4) is 22.7 Å². The summed E-state index contributed by atoms with van der Waals surface area (Å²) in [4.78, 5) is 18.1. The third-order valence-electron chi connectivity index (χ3n) is 5.79. The van der Waals surface area contributed by atoms with Gasteiger partial charge in [-0.25, -0.2) is 18.4 Å². The lowest BCUT2D eigenvalue weighted by Gasteiger charge is -2.12. The molecule has 3 aromatic heterocycles. The maximum atomic E-state index is 14.4. The minimum Gasteiger partial charge on any atom is -0.485 e. The van der Waals surface area contributed by atoms with Crippen LogP contribution in [0.25, 0.3) is 22.6 Å². The third-order valence-corrected chi connectivity index (χ3v) is 5.79. The van der Waals surface area contributed by atoms with E-state index in [0.29, 0.717) is 35.1 Å². The van der Waals surface area contributed by atoms with Crippen molar-refractivity contribution in [1.82, 2.24) is 19.2 Å². The van der Waals surface area contributed by atoms with Crippen LogP contribution >= 0.6 is 0 Å². The van der Waals surface area contributed by atoms with Crippen molar-refractivity contribution in [3.63, 3.8) is 0 Å². The molecule has 0 N–H and O–H groups in total. The van der Waals surface area contributed by atoms with Crippen molar-refractivity contribution in [1.29, 1.82) is 0 Å². The van der Waals surface area contributed by atoms with Gasteiger partial charge in [0.15, 0.2) is 11.4 Å². The Morgan fingerprint density at radius 3 is 2.51 bits per heavy atom. The number of benzene rings is 2. The van der Waals surface area contributed by atoms with Gasteiger partial charge < -0.3 is 4.74 Å². The molecule has 0 atom stereocenters. The highest BCUT2D eigenvalue weighted by Crippen LogP contribution is 2.25. The number of hydrogen-bond donors (Lipinski definition) is 0. The second-order valence-corrected chi connectivity index (χ2v) is 8.40. The fraction of sp³-hybridized carbons (Fsp3) is 0.148. The minimum atomic E-state index is -0.621. The van der Waals surface area contributed by atoms with Crippen LogP contribution < -0.4 is 10.3 Å². The number of halogens is 2. The van der Waals surface area contributed by atoms with Crippen LogP contribution in [0.1, 0.15) is 22.5 Å². The number of fused-ring (bicyclic) bond motifs is 1. The Balaban J connectivity index is 1.56. The smallest absolute Gasteiger partial charge is 0.267 e. The summed E-state index contributed by atoms with van der Waals surface area (Å²) in [6.07, 6.45) is 1.61. The number of pyridine rings is 1. The first-order valence-electron chi connectivity index (χ1n) is 11.0. The SMILES string of the molecule is Cc1ccc(COc2cccn3c(=O)c(-c4cc(C)n(-c5cc(F)ccc5F)n4)c(C)nc23)cc1. The molecular formula is C27H22F2N4O2. The van der Waals surface area contributed by atoms with Gasteiger partial charge in [-0.3, -0.25) is 9.20 Å². The molecular weight excluding hydrogens is 450 g/mol. The van der Waals surface area contributed by atoms with Crippen molar-refractivity contribution in [2.75, 3.05) is 0 Å². The monoisotopic (exact) mass is 472 g/mol. The van der Waals surface area contributed by atoms with Gasteiger partial charge in [0.25, 0.3) is 5.56 Å². The Morgan fingerprint density at radius 1 is 0.971 bits per heavy atom. The normalized spacial score (nSPS) is 11.2. The summed E-state index contributed by atoms with van der Waals surface area (Å²) in [5.74, 6) is -0.729. The molecule has 0 aliphatic carbocycles. The van der Waals surface area contributed by atoms with Crippen LogP contribution in [-0.4, -0.2) is 19.2 Å². The minimum absolute atomic E-state index is 0.0351. The lowest BCUT2D eigenvalue weighted by molar-refractivity contribution is 0.308. The van der Waals surface area contributed by atoms with E-state index in [2.05, 4.69) is 10.1 Å². The highest BCUT2D eigenvalue weighted by atomic mass is 19.1. The van der Waals surface area contributed by atoms with Crippen molar-refractivity contribution < 1.29 is 13.5 Å². The number of aryl methyl sites for hydroxylation is 3. The molecule has 6 nitrogen and oxygen atoms in total. The number of rotatable bonds is 5. The quantitative estimate of drug-likeness (QED) is 0.347. The van der Waals surface area contributed by atoms with Gasteiger partial charge in [-0.1, -0.05) is 29.8 Å². The zero-order valence-electron chi connectivity index (χ0n) is 19.4. The van der Waals surface area contributed by atoms with E-state index in [-0.39, 0.29) is 16.8 Å². The molecule has 0 amide bonds. The van der Waals surface area contributed by atoms with Crippen LogP contribution in [0.5, 0.6) is 5.75 Å². The summed E-state index contributed by atoms with van der Waals surface area (Å²) in [6, 6.07) is 16.3. The van der Waals surface area contributed by atoms with E-state index in [9.17, 15) is 13.6 Å². The molecule has 0 fully saturated rings. The van der Waals surface area contributed by atoms with Crippen LogP contribution in [-0.2, 0) is 6.61 Å². The molecule has 5 rings (SSSR count). The van der Waals surface area contributed by atoms with E-state index >= 15 is 0 Å². The zero-order valence-corrected chi connectivity index (χ0v) is 19.4. The molecule has 5 aromatic rings. The van der Waals surface area contributed by atoms with Gasteiger partial charge in [0, 0.05) is 18.0 Å². The van der Waals surface area contributed by atoms with Crippen molar-refractivity contribution in [3.05, 3.63) is 111 Å². The van der Waals surface area contributed by atoms with E-state index in [1.54, 1.807) is 38.2 Å². The molecule has 0 saturated heterocycles. The topological polar surface area (TPSA) is 61.4 Å². The van der Waals surface area contributed by atoms with E-state index in [0.717, 1.165) is 29.3 Å². The number of ether oxygens (including phenoxy) is 1. The number of aromatic nitrogens is 4. The van der Waals surface area contributed by atoms with Crippen LogP contribution in [0.3, 0.4) is 0 Å². The van der Waals surface area contributed by atoms with Gasteiger partial charge in [-0.05, 0) is 56.7 Å². The maximum Gasteiger partial charge on any atom is 0.267 e. The Kier molecular flexibility index (Phi) is 5.64. The first-order chi connectivity index (χ1) is 16.8. The highest BCUT2D eigenvalue weighted by molar-refractivity contribution is 5.65. The summed E-state index contributed by atoms with van der Waals surface area (Å²) >= 11 is 0. The maximum absolute atomic E-state index is 14.4. The highest BCUT2D eigenvalue weighted by Gasteiger charge is 2.19. The molecule has 0 unspecified atom stereocenters. The second kappa shape index (κ2) is 8.79. The van der Waals surface area contributed by atoms with Crippen molar-refractivity contribution >= 4 is 5.65 Å². The summed E-state index contributed by atoms with van der Waals surface area (Å²) in [5, 5.41) is 4.41. The van der Waals surface area contributed by atoms with Gasteiger partial charge in [0.05, 0.1) is 11.3 Å². The fourth-order valence-corrected chi connectivity index (χ4v) is 3.98. The lowest BCUT2D eigenvalue weighted by Crippen LogP contribution is -2.19. The fourth-order valence-electron chi connectivity index (χ4n) is 3.98. The average Bonchev–Trinajstić information content (AvgIpc) is 3.21. The van der Waals surface area contributed by atoms with E-state index < -0.39 is 11.6 Å². The molecule has 35 heavy (non-hydrogen) atoms. The second-order valence-electron chi connectivity index (χ2n) is 8.40. The molecule has 0 spiro atoms.